The first-order valence-electron chi connectivity index (χ1n) is 6.89. The van der Waals surface area contributed by atoms with E-state index in [2.05, 4.69) is 13.8 Å². The maximum absolute atomic E-state index is 12.4. The summed E-state index contributed by atoms with van der Waals surface area (Å²) in [5, 5.41) is 9.87. The highest BCUT2D eigenvalue weighted by molar-refractivity contribution is 7.14. The summed E-state index contributed by atoms with van der Waals surface area (Å²) in [5.74, 6) is 0.0279. The van der Waals surface area contributed by atoms with Crippen molar-refractivity contribution in [3.63, 3.8) is 0 Å². The van der Waals surface area contributed by atoms with Crippen LogP contribution in [0.3, 0.4) is 0 Å². The van der Waals surface area contributed by atoms with Gasteiger partial charge in [-0.25, -0.2) is 0 Å². The Morgan fingerprint density at radius 1 is 1.42 bits per heavy atom. The summed E-state index contributed by atoms with van der Waals surface area (Å²) in [4.78, 5) is 16.2. The normalized spacial score (nSPS) is 11.7. The molecule has 19 heavy (non-hydrogen) atoms. The Balaban J connectivity index is 2.88. The van der Waals surface area contributed by atoms with Crippen molar-refractivity contribution in [3.8, 4) is 0 Å². The minimum absolute atomic E-state index is 0.0279. The lowest BCUT2D eigenvalue weighted by molar-refractivity contribution is 0.0317. The fourth-order valence-corrected chi connectivity index (χ4v) is 3.13. The molecule has 0 radical (unpaired) electrons. The minimum Gasteiger partial charge on any atom is -0.389 e. The Hall–Kier alpha value is -0.870. The van der Waals surface area contributed by atoms with Crippen molar-refractivity contribution >= 4 is 17.2 Å². The molecule has 3 nitrogen and oxygen atoms in total. The van der Waals surface area contributed by atoms with Gasteiger partial charge in [-0.1, -0.05) is 13.3 Å². The van der Waals surface area contributed by atoms with E-state index in [4.69, 9.17) is 0 Å². The third-order valence-corrected chi connectivity index (χ3v) is 4.08. The van der Waals surface area contributed by atoms with Gasteiger partial charge in [0.05, 0.1) is 10.5 Å². The van der Waals surface area contributed by atoms with Gasteiger partial charge in [0.2, 0.25) is 0 Å². The van der Waals surface area contributed by atoms with Crippen LogP contribution < -0.4 is 0 Å². The summed E-state index contributed by atoms with van der Waals surface area (Å²) in [6.45, 7) is 10.6. The number of hydrogen-bond acceptors (Lipinski definition) is 3. The predicted molar refractivity (Wildman–Crippen MR) is 80.9 cm³/mol. The Labute approximate surface area is 120 Å². The highest BCUT2D eigenvalue weighted by atomic mass is 32.1. The molecule has 0 aliphatic carbocycles. The Bertz CT molecular complexity index is 432. The van der Waals surface area contributed by atoms with Gasteiger partial charge < -0.3 is 10.0 Å². The van der Waals surface area contributed by atoms with Crippen LogP contribution in [0.1, 0.15) is 54.2 Å². The molecule has 0 spiro atoms. The van der Waals surface area contributed by atoms with Crippen LogP contribution in [0.4, 0.5) is 0 Å². The quantitative estimate of drug-likeness (QED) is 0.870. The molecule has 0 bridgehead atoms. The van der Waals surface area contributed by atoms with E-state index < -0.39 is 5.60 Å². The molecule has 0 atom stereocenters. The van der Waals surface area contributed by atoms with Gasteiger partial charge in [0, 0.05) is 18.0 Å². The average molecular weight is 283 g/mol. The van der Waals surface area contributed by atoms with Crippen molar-refractivity contribution < 1.29 is 9.90 Å². The zero-order valence-corrected chi connectivity index (χ0v) is 13.4. The van der Waals surface area contributed by atoms with Crippen LogP contribution in [0.15, 0.2) is 6.07 Å². The van der Waals surface area contributed by atoms with Gasteiger partial charge >= 0.3 is 0 Å². The van der Waals surface area contributed by atoms with Crippen molar-refractivity contribution in [2.24, 2.45) is 0 Å². The van der Waals surface area contributed by atoms with Crippen LogP contribution in [0.2, 0.25) is 0 Å². The number of nitrogens with zero attached hydrogens (tertiary/aromatic N) is 1. The van der Waals surface area contributed by atoms with Gasteiger partial charge in [-0.2, -0.15) is 0 Å². The second kappa shape index (κ2) is 6.53. The number of amides is 1. The molecule has 0 aromatic carbocycles. The monoisotopic (exact) mass is 283 g/mol. The smallest absolute Gasteiger partial charge is 0.264 e. The van der Waals surface area contributed by atoms with Crippen molar-refractivity contribution in [1.29, 1.82) is 0 Å². The van der Waals surface area contributed by atoms with E-state index in [1.807, 2.05) is 13.0 Å². The molecule has 1 amide bonds. The van der Waals surface area contributed by atoms with Crippen molar-refractivity contribution in [1.82, 2.24) is 4.90 Å². The predicted octanol–water partition coefficient (Wildman–Crippen LogP) is 3.24. The fraction of sp³-hybridized carbons (Fsp3) is 0.667. The van der Waals surface area contributed by atoms with Crippen molar-refractivity contribution in [2.45, 2.75) is 53.1 Å². The van der Waals surface area contributed by atoms with E-state index in [9.17, 15) is 9.90 Å². The average Bonchev–Trinajstić information content (AvgIpc) is 2.66. The number of hydrogen-bond donors (Lipinski definition) is 1. The summed E-state index contributed by atoms with van der Waals surface area (Å²) in [6, 6.07) is 2.01. The van der Waals surface area contributed by atoms with Crippen LogP contribution in [0, 0.1) is 6.92 Å². The molecule has 108 valence electrons. The molecule has 0 aliphatic rings. The van der Waals surface area contributed by atoms with Crippen LogP contribution in [0.5, 0.6) is 0 Å². The zero-order chi connectivity index (χ0) is 14.6. The summed E-state index contributed by atoms with van der Waals surface area (Å²) in [7, 11) is 0. The van der Waals surface area contributed by atoms with Gasteiger partial charge in [-0.3, -0.25) is 4.79 Å². The molecule has 1 heterocycles. The highest BCUT2D eigenvalue weighted by Crippen LogP contribution is 2.24. The summed E-state index contributed by atoms with van der Waals surface area (Å²) >= 11 is 1.56. The van der Waals surface area contributed by atoms with Crippen LogP contribution in [-0.2, 0) is 6.42 Å². The summed E-state index contributed by atoms with van der Waals surface area (Å²) < 4.78 is 0. The first-order chi connectivity index (χ1) is 8.78. The second-order valence-corrected chi connectivity index (χ2v) is 6.83. The van der Waals surface area contributed by atoms with Crippen LogP contribution >= 0.6 is 11.3 Å². The molecular formula is C15H25NO2S. The van der Waals surface area contributed by atoms with Gasteiger partial charge in [-0.15, -0.1) is 11.3 Å². The first kappa shape index (κ1) is 16.2. The van der Waals surface area contributed by atoms with Crippen LogP contribution in [-0.4, -0.2) is 34.6 Å². The van der Waals surface area contributed by atoms with Gasteiger partial charge in [0.15, 0.2) is 0 Å². The molecule has 0 aliphatic heterocycles. The number of thiophene rings is 1. The Morgan fingerprint density at radius 2 is 2.05 bits per heavy atom. The van der Waals surface area contributed by atoms with Gasteiger partial charge in [0.1, 0.15) is 0 Å². The fourth-order valence-electron chi connectivity index (χ4n) is 2.09. The lowest BCUT2D eigenvalue weighted by Crippen LogP contribution is -2.41. The largest absolute Gasteiger partial charge is 0.389 e. The number of aryl methyl sites for hydroxylation is 2. The summed E-state index contributed by atoms with van der Waals surface area (Å²) in [5.41, 5.74) is 0.416. The third kappa shape index (κ3) is 4.62. The zero-order valence-electron chi connectivity index (χ0n) is 12.6. The van der Waals surface area contributed by atoms with E-state index in [0.717, 1.165) is 17.7 Å². The van der Waals surface area contributed by atoms with E-state index in [-0.39, 0.29) is 5.91 Å². The topological polar surface area (TPSA) is 40.5 Å². The number of aliphatic hydroxyl groups is 1. The van der Waals surface area contributed by atoms with Crippen molar-refractivity contribution in [2.75, 3.05) is 13.1 Å². The number of carbonyl (C=O) groups excluding carboxylic acids is 1. The molecule has 1 rings (SSSR count). The third-order valence-electron chi connectivity index (χ3n) is 3.00. The maximum Gasteiger partial charge on any atom is 0.264 e. The standard InChI is InChI=1S/C15H25NO2S/c1-6-8-12-9-13(19-11(12)3)14(17)16(7-2)10-15(4,5)18/h9,18H,6-8,10H2,1-5H3. The van der Waals surface area contributed by atoms with E-state index in [1.165, 1.54) is 10.4 Å². The van der Waals surface area contributed by atoms with E-state index in [1.54, 1.807) is 30.1 Å². The lowest BCUT2D eigenvalue weighted by Gasteiger charge is -2.27. The first-order valence-corrected chi connectivity index (χ1v) is 7.71. The number of carbonyl (C=O) groups is 1. The lowest BCUT2D eigenvalue weighted by atomic mass is 10.1. The molecular weight excluding hydrogens is 258 g/mol. The van der Waals surface area contributed by atoms with E-state index in [0.29, 0.717) is 13.1 Å². The Kier molecular flexibility index (Phi) is 5.56. The number of likely N-dealkylation sites (N-methyl/N-ethyl adjacent to an activating group) is 1. The number of rotatable bonds is 6. The maximum atomic E-state index is 12.4. The molecule has 1 aromatic heterocycles. The summed E-state index contributed by atoms with van der Waals surface area (Å²) in [6.07, 6.45) is 2.11. The second-order valence-electron chi connectivity index (χ2n) is 5.57. The molecule has 0 fully saturated rings. The van der Waals surface area contributed by atoms with E-state index >= 15 is 0 Å². The minimum atomic E-state index is -0.857. The SMILES string of the molecule is CCCc1cc(C(=O)N(CC)CC(C)(C)O)sc1C. The Morgan fingerprint density at radius 3 is 2.53 bits per heavy atom. The molecule has 1 aromatic rings. The molecule has 0 unspecified atom stereocenters. The molecule has 1 N–H and O–H groups in total. The van der Waals surface area contributed by atoms with Crippen LogP contribution in [0.25, 0.3) is 0 Å². The van der Waals surface area contributed by atoms with Gasteiger partial charge in [-0.05, 0) is 45.7 Å². The molecule has 4 heteroatoms. The highest BCUT2D eigenvalue weighted by Gasteiger charge is 2.23. The van der Waals surface area contributed by atoms with Crippen molar-refractivity contribution in [3.05, 3.63) is 21.4 Å². The molecule has 0 saturated heterocycles. The molecule has 0 saturated carbocycles. The van der Waals surface area contributed by atoms with Gasteiger partial charge in [0.25, 0.3) is 5.91 Å².